The molecule has 15 unspecified atom stereocenters. The van der Waals surface area contributed by atoms with Crippen LogP contribution in [0.25, 0.3) is 0 Å². The third-order valence-electron chi connectivity index (χ3n) is 16.1. The van der Waals surface area contributed by atoms with E-state index in [0.29, 0.717) is 12.8 Å². The van der Waals surface area contributed by atoms with Crippen molar-refractivity contribution < 1.29 is 163 Å². The van der Waals surface area contributed by atoms with Gasteiger partial charge in [-0.25, -0.2) is 0 Å². The van der Waals surface area contributed by atoms with Crippen molar-refractivity contribution in [1.29, 1.82) is 0 Å². The first-order chi connectivity index (χ1) is 38.7. The van der Waals surface area contributed by atoms with E-state index >= 15 is 0 Å². The van der Waals surface area contributed by atoms with Crippen LogP contribution in [0.1, 0.15) is 12.8 Å². The summed E-state index contributed by atoms with van der Waals surface area (Å²) in [5.74, 6) is 0. The number of aliphatic hydroxyl groups excluding tert-OH is 19. The predicted molar refractivity (Wildman–Crippen MR) is 249 cm³/mol. The quantitative estimate of drug-likeness (QED) is 0.122. The minimum absolute atomic E-state index is 0.191. The van der Waals surface area contributed by atoms with Crippen LogP contribution >= 0.6 is 0 Å². The molecule has 21 N–H and O–H groups in total. The van der Waals surface area contributed by atoms with Crippen LogP contribution in [0.5, 0.6) is 0 Å². The molecule has 81 heavy (non-hydrogen) atoms. The molecule has 0 saturated carbocycles. The molecule has 14 bridgehead atoms. The molecule has 14 saturated heterocycles. The molecular weight excluding hydrogens is 1110 g/mol. The van der Waals surface area contributed by atoms with Gasteiger partial charge < -0.3 is 174 Å². The van der Waals surface area contributed by atoms with E-state index in [1.54, 1.807) is 0 Å². The molecule has 14 aliphatic heterocycles. The average Bonchev–Trinajstić information content (AvgIpc) is 3.64. The Morgan fingerprint density at radius 1 is 0.235 bits per heavy atom. The van der Waals surface area contributed by atoms with Crippen LogP contribution in [-0.4, -0.2) is 371 Å². The van der Waals surface area contributed by atoms with Gasteiger partial charge in [-0.2, -0.15) is 0 Å². The van der Waals surface area contributed by atoms with E-state index in [1.165, 1.54) is 0 Å². The Labute approximate surface area is 460 Å². The van der Waals surface area contributed by atoms with Crippen molar-refractivity contribution in [2.45, 2.75) is 228 Å². The predicted octanol–water partition coefficient (Wildman–Crippen LogP) is -14.2. The van der Waals surface area contributed by atoms with E-state index in [4.69, 9.17) is 66.3 Å². The van der Waals surface area contributed by atoms with Gasteiger partial charge in [0, 0.05) is 13.1 Å². The molecular formula is C46H78N2O33. The summed E-state index contributed by atoms with van der Waals surface area (Å²) in [7, 11) is 0. The summed E-state index contributed by atoms with van der Waals surface area (Å²) in [4.78, 5) is 0. The third kappa shape index (κ3) is 13.1. The van der Waals surface area contributed by atoms with Crippen LogP contribution in [0.3, 0.4) is 0 Å². The summed E-state index contributed by atoms with van der Waals surface area (Å²) >= 11 is 0. The Bertz CT molecular complexity index is 1940. The zero-order chi connectivity index (χ0) is 58.3. The van der Waals surface area contributed by atoms with Gasteiger partial charge in [-0.05, 0) is 25.9 Å². The molecule has 35 atom stereocenters. The first-order valence-corrected chi connectivity index (χ1v) is 26.9. The van der Waals surface area contributed by atoms with Gasteiger partial charge in [0.15, 0.2) is 44.0 Å². The van der Waals surface area contributed by atoms with Gasteiger partial charge in [-0.1, -0.05) is 0 Å². The number of hydrogen-bond donors (Lipinski definition) is 21. The molecule has 0 aromatic rings. The van der Waals surface area contributed by atoms with Gasteiger partial charge in [0.1, 0.15) is 171 Å². The van der Waals surface area contributed by atoms with Gasteiger partial charge >= 0.3 is 0 Å². The molecule has 470 valence electrons. The van der Waals surface area contributed by atoms with Crippen molar-refractivity contribution in [1.82, 2.24) is 10.6 Å². The highest BCUT2D eigenvalue weighted by molar-refractivity contribution is 5.02. The summed E-state index contributed by atoms with van der Waals surface area (Å²) in [5, 5.41) is 220. The molecule has 14 fully saturated rings. The van der Waals surface area contributed by atoms with Gasteiger partial charge in [0.05, 0.1) is 33.0 Å². The zero-order valence-electron chi connectivity index (χ0n) is 43.2. The van der Waals surface area contributed by atoms with Crippen molar-refractivity contribution in [3.05, 3.63) is 0 Å². The first kappa shape index (κ1) is 64.1. The highest BCUT2D eigenvalue weighted by Gasteiger charge is 2.59. The van der Waals surface area contributed by atoms with Crippen molar-refractivity contribution in [2.75, 3.05) is 59.2 Å². The number of rotatable bonds is 5. The second-order valence-electron chi connectivity index (χ2n) is 21.4. The Morgan fingerprint density at radius 3 is 0.630 bits per heavy atom. The Hall–Kier alpha value is -1.40. The maximum absolute atomic E-state index is 11.8. The summed E-state index contributed by atoms with van der Waals surface area (Å²) in [6.07, 6.45) is -66.4. The lowest BCUT2D eigenvalue weighted by Gasteiger charge is -2.50. The number of aliphatic hydroxyl groups is 19. The molecule has 0 radical (unpaired) electrons. The van der Waals surface area contributed by atoms with Crippen LogP contribution in [-0.2, 0) is 66.3 Å². The number of fused-ring (bicyclic) bond motifs is 5. The standard InChI is InChI=1S/C46H78N2O33/c49-7-14-35-23(58)30(65)44(72-14)79-37-16(9-51)70-42(28(63)21(37)56)75-33-12-5-47-3-1-2-4-48-6-13-34(19(54)26(61)40(68-13)77-35)76-43-29(64)22(57)38(17(10-52)71-43)80-46-32(67)25(60)39(18(11-53)74-46)81-45-31(66)24(59)36(15(8-50)73-45)78-41(69-12)27(62)20(33)55/h12-67H,1-11H2/t12-,13-,14-,15-,16?,17-,18-,19?,20?,21?,22?,23?,24?,25?,26?,27?,28?,29?,30?,31?,32?,33-,34-,35-,36-,37-,38-,39-,40-,41-,42-,43-,44-,45-,46-/m1/s1. The molecule has 14 heterocycles. The average molecular weight is 1190 g/mol. The fourth-order valence-electron chi connectivity index (χ4n) is 11.4. The van der Waals surface area contributed by atoms with E-state index in [2.05, 4.69) is 10.6 Å². The summed E-state index contributed by atoms with van der Waals surface area (Å²) in [6.45, 7) is -5.09. The smallest absolute Gasteiger partial charge is 0.187 e. The van der Waals surface area contributed by atoms with Crippen molar-refractivity contribution in [3.63, 3.8) is 0 Å². The van der Waals surface area contributed by atoms with Gasteiger partial charge in [-0.15, -0.1) is 0 Å². The molecule has 0 spiro atoms. The van der Waals surface area contributed by atoms with E-state index in [1.807, 2.05) is 0 Å². The first-order valence-electron chi connectivity index (χ1n) is 26.9. The van der Waals surface area contributed by atoms with Gasteiger partial charge in [0.2, 0.25) is 0 Å². The lowest BCUT2D eigenvalue weighted by atomic mass is 9.95. The molecule has 35 heteroatoms. The molecule has 14 aliphatic rings. The minimum atomic E-state index is -2.17. The second kappa shape index (κ2) is 27.7. The van der Waals surface area contributed by atoms with E-state index < -0.39 is 248 Å². The van der Waals surface area contributed by atoms with Crippen LogP contribution in [0.15, 0.2) is 0 Å². The molecule has 0 amide bonds. The molecule has 0 aliphatic carbocycles. The largest absolute Gasteiger partial charge is 0.394 e. The Balaban J connectivity index is 1.07. The highest BCUT2D eigenvalue weighted by atomic mass is 16.8. The molecule has 0 aromatic heterocycles. The van der Waals surface area contributed by atoms with Gasteiger partial charge in [-0.3, -0.25) is 0 Å². The molecule has 14 rings (SSSR count). The van der Waals surface area contributed by atoms with Crippen molar-refractivity contribution in [3.8, 4) is 0 Å². The molecule has 0 aromatic carbocycles. The fourth-order valence-corrected chi connectivity index (χ4v) is 11.4. The number of hydrogen-bond acceptors (Lipinski definition) is 35. The summed E-state index contributed by atoms with van der Waals surface area (Å²) < 4.78 is 82.6. The Morgan fingerprint density at radius 2 is 0.420 bits per heavy atom. The zero-order valence-corrected chi connectivity index (χ0v) is 43.2. The topological polar surface area (TPSA) is 538 Å². The number of ether oxygens (including phenoxy) is 14. The second-order valence-corrected chi connectivity index (χ2v) is 21.4. The normalized spacial score (nSPS) is 54.6. The lowest BCUT2D eigenvalue weighted by Crippen LogP contribution is -2.68. The van der Waals surface area contributed by atoms with Crippen molar-refractivity contribution >= 4 is 0 Å². The van der Waals surface area contributed by atoms with E-state index in [9.17, 15) is 97.0 Å². The Kier molecular flexibility index (Phi) is 22.0. The highest BCUT2D eigenvalue weighted by Crippen LogP contribution is 2.39. The van der Waals surface area contributed by atoms with Crippen LogP contribution in [0.4, 0.5) is 0 Å². The minimum Gasteiger partial charge on any atom is -0.394 e. The van der Waals surface area contributed by atoms with Gasteiger partial charge in [0.25, 0.3) is 0 Å². The van der Waals surface area contributed by atoms with E-state index in [-0.39, 0.29) is 26.2 Å². The maximum atomic E-state index is 11.8. The monoisotopic (exact) mass is 1190 g/mol. The third-order valence-corrected chi connectivity index (χ3v) is 16.1. The van der Waals surface area contributed by atoms with E-state index in [0.717, 1.165) is 0 Å². The number of nitrogens with one attached hydrogen (secondary N) is 2. The maximum Gasteiger partial charge on any atom is 0.187 e. The summed E-state index contributed by atoms with van der Waals surface area (Å²) in [5.41, 5.74) is 0. The lowest BCUT2D eigenvalue weighted by molar-refractivity contribution is -0.395. The van der Waals surface area contributed by atoms with Crippen LogP contribution in [0, 0.1) is 0 Å². The SMILES string of the molecule is OCC1O[C@@H]2O[C@H]3C(O)C(O)[C@@H]4O[C@@H]3CNCCCCNC[C@H]3O[C@H](O[C@H]5C(O)C(O)[C@@H](O[C@H]1C(O)C2O)O[C@@H]5CO)C(O)C(O)[C@@H]3O[C@H]1O[C@H](CO)[C@@H](O[C@H]2O[C@H](CO)[C@@H](O[C@H]3O[C@H](CO)[C@@H](O4)C(O)C3O)C(O)C2O)C(O)C1O. The molecule has 35 nitrogen and oxygen atoms in total. The van der Waals surface area contributed by atoms with Crippen molar-refractivity contribution in [2.24, 2.45) is 0 Å². The fraction of sp³-hybridized carbons (Fsp3) is 1.00. The van der Waals surface area contributed by atoms with Crippen LogP contribution < -0.4 is 10.6 Å². The van der Waals surface area contributed by atoms with Crippen LogP contribution in [0.2, 0.25) is 0 Å². The summed E-state index contributed by atoms with van der Waals surface area (Å²) in [6, 6.07) is 0.